The highest BCUT2D eigenvalue weighted by Crippen LogP contribution is 2.76. The standard InChI is InChI=1S/C42H68O14/c1-37(2)13-15-42(36(51)52)16-14-40(5)21(22(42)17-37)7-8-26-38(3)11-10-27(39(4,20-45)25(38)9-12-41(26,40)6)55-35-32(50)33(29(47)24(19-44)54-35)56-34-31(49)30(48)28(46)23(18-43)53-34/h7,22-35,43-50H,8-20H2,1-6H3,(H,51,52)/t22-,23+,24+,25+,26+,27-,28+,29-,30-,31+,32+,33-,34-,35-,38-,39-,40+,41+,42-/m0/s1. The summed E-state index contributed by atoms with van der Waals surface area (Å²) in [5.74, 6) is -0.356. The smallest absolute Gasteiger partial charge is 0.310 e. The molecular formula is C42H68O14. The molecule has 7 rings (SSSR count). The zero-order valence-corrected chi connectivity index (χ0v) is 33.9. The Morgan fingerprint density at radius 3 is 1.98 bits per heavy atom. The number of ether oxygens (including phenoxy) is 4. The summed E-state index contributed by atoms with van der Waals surface area (Å²) in [7, 11) is 0. The zero-order chi connectivity index (χ0) is 41.0. The van der Waals surface area contributed by atoms with Crippen LogP contribution in [0.3, 0.4) is 0 Å². The minimum atomic E-state index is -1.79. The Bertz CT molecular complexity index is 1500. The van der Waals surface area contributed by atoms with E-state index in [1.165, 1.54) is 5.57 Å². The van der Waals surface area contributed by atoms with E-state index in [0.717, 1.165) is 44.9 Å². The first-order valence-electron chi connectivity index (χ1n) is 21.0. The number of carboxylic acid groups (broad SMARTS) is 1. The Kier molecular flexibility index (Phi) is 11.3. The normalized spacial score (nSPS) is 54.1. The molecule has 2 heterocycles. The Hall–Kier alpha value is -1.27. The Balaban J connectivity index is 1.13. The number of allylic oxidation sites excluding steroid dienone is 2. The van der Waals surface area contributed by atoms with E-state index in [2.05, 4.69) is 40.7 Å². The molecule has 0 radical (unpaired) electrons. The first-order chi connectivity index (χ1) is 26.2. The number of rotatable bonds is 8. The van der Waals surface area contributed by atoms with E-state index >= 15 is 0 Å². The molecule has 0 spiro atoms. The first kappa shape index (κ1) is 42.8. The van der Waals surface area contributed by atoms with Gasteiger partial charge in [0.25, 0.3) is 0 Å². The molecule has 320 valence electrons. The van der Waals surface area contributed by atoms with Crippen LogP contribution in [-0.2, 0) is 23.7 Å². The van der Waals surface area contributed by atoms with Crippen molar-refractivity contribution in [3.63, 3.8) is 0 Å². The fourth-order valence-corrected chi connectivity index (χ4v) is 13.7. The number of aliphatic hydroxyl groups is 8. The van der Waals surface area contributed by atoms with E-state index in [0.29, 0.717) is 19.3 Å². The largest absolute Gasteiger partial charge is 0.481 e. The monoisotopic (exact) mass is 796 g/mol. The third-order valence-electron chi connectivity index (χ3n) is 17.4. The van der Waals surface area contributed by atoms with Crippen molar-refractivity contribution >= 4 is 5.97 Å². The lowest BCUT2D eigenvalue weighted by atomic mass is 9.33. The molecule has 14 nitrogen and oxygen atoms in total. The van der Waals surface area contributed by atoms with Crippen molar-refractivity contribution in [2.75, 3.05) is 19.8 Å². The number of aliphatic hydroxyl groups excluding tert-OH is 8. The van der Waals surface area contributed by atoms with Crippen LogP contribution in [0.1, 0.15) is 106 Å². The molecule has 2 saturated heterocycles. The molecule has 19 atom stereocenters. The number of hydrogen-bond acceptors (Lipinski definition) is 13. The van der Waals surface area contributed by atoms with E-state index in [1.807, 2.05) is 6.92 Å². The molecule has 6 fully saturated rings. The van der Waals surface area contributed by atoms with Gasteiger partial charge in [0, 0.05) is 5.41 Å². The number of hydrogen-bond donors (Lipinski definition) is 9. The third kappa shape index (κ3) is 6.21. The van der Waals surface area contributed by atoms with Gasteiger partial charge in [0.1, 0.15) is 48.8 Å². The highest BCUT2D eigenvalue weighted by Gasteiger charge is 2.70. The maximum Gasteiger partial charge on any atom is 0.310 e. The second-order valence-electron chi connectivity index (χ2n) is 20.5. The van der Waals surface area contributed by atoms with Crippen LogP contribution in [0.4, 0.5) is 0 Å². The van der Waals surface area contributed by atoms with Crippen LogP contribution in [0.5, 0.6) is 0 Å². The summed E-state index contributed by atoms with van der Waals surface area (Å²) in [6.07, 6.45) is -5.91. The average molecular weight is 797 g/mol. The molecule has 14 heteroatoms. The first-order valence-corrected chi connectivity index (χ1v) is 21.0. The van der Waals surface area contributed by atoms with Crippen molar-refractivity contribution in [2.24, 2.45) is 50.2 Å². The summed E-state index contributed by atoms with van der Waals surface area (Å²) in [6.45, 7) is 12.2. The summed E-state index contributed by atoms with van der Waals surface area (Å²) in [4.78, 5) is 13.1. The van der Waals surface area contributed by atoms with E-state index in [4.69, 9.17) is 18.9 Å². The van der Waals surface area contributed by atoms with Gasteiger partial charge in [0.05, 0.1) is 31.3 Å². The summed E-state index contributed by atoms with van der Waals surface area (Å²) in [5, 5.41) is 95.7. The molecule has 4 saturated carbocycles. The van der Waals surface area contributed by atoms with E-state index < -0.39 is 97.5 Å². The summed E-state index contributed by atoms with van der Waals surface area (Å²) in [5.41, 5.74) is -0.535. The van der Waals surface area contributed by atoms with Crippen molar-refractivity contribution in [3.8, 4) is 0 Å². The number of carboxylic acids is 1. The lowest BCUT2D eigenvalue weighted by Crippen LogP contribution is -2.67. The van der Waals surface area contributed by atoms with Crippen LogP contribution in [0.25, 0.3) is 0 Å². The minimum absolute atomic E-state index is 0.00865. The van der Waals surface area contributed by atoms with E-state index in [1.54, 1.807) is 0 Å². The number of aliphatic carboxylic acids is 1. The van der Waals surface area contributed by atoms with Gasteiger partial charge in [-0.15, -0.1) is 0 Å². The molecule has 0 aromatic heterocycles. The fourth-order valence-electron chi connectivity index (χ4n) is 13.7. The molecule has 0 amide bonds. The van der Waals surface area contributed by atoms with Crippen LogP contribution in [0.2, 0.25) is 0 Å². The number of carbonyl (C=O) groups is 1. The zero-order valence-electron chi connectivity index (χ0n) is 33.9. The Morgan fingerprint density at radius 1 is 0.732 bits per heavy atom. The molecular weight excluding hydrogens is 728 g/mol. The van der Waals surface area contributed by atoms with Crippen LogP contribution >= 0.6 is 0 Å². The summed E-state index contributed by atoms with van der Waals surface area (Å²) < 4.78 is 23.8. The van der Waals surface area contributed by atoms with E-state index in [-0.39, 0.29) is 46.0 Å². The van der Waals surface area contributed by atoms with Gasteiger partial charge in [-0.3, -0.25) is 4.79 Å². The summed E-state index contributed by atoms with van der Waals surface area (Å²) in [6, 6.07) is 0. The molecule has 0 aromatic rings. The minimum Gasteiger partial charge on any atom is -0.481 e. The van der Waals surface area contributed by atoms with Gasteiger partial charge in [0.15, 0.2) is 12.6 Å². The predicted molar refractivity (Wildman–Crippen MR) is 199 cm³/mol. The molecule has 0 bridgehead atoms. The van der Waals surface area contributed by atoms with Crippen molar-refractivity contribution < 1.29 is 69.7 Å². The van der Waals surface area contributed by atoms with Crippen LogP contribution in [-0.4, -0.2) is 139 Å². The molecule has 5 aliphatic carbocycles. The average Bonchev–Trinajstić information content (AvgIpc) is 3.15. The highest BCUT2D eigenvalue weighted by atomic mass is 16.7. The lowest BCUT2D eigenvalue weighted by molar-refractivity contribution is -0.370. The van der Waals surface area contributed by atoms with Gasteiger partial charge in [-0.25, -0.2) is 0 Å². The molecule has 9 N–H and O–H groups in total. The Labute approximate surface area is 330 Å². The van der Waals surface area contributed by atoms with Gasteiger partial charge in [0.2, 0.25) is 0 Å². The van der Waals surface area contributed by atoms with Gasteiger partial charge in [-0.1, -0.05) is 53.2 Å². The second kappa shape index (κ2) is 14.7. The molecule has 2 aliphatic heterocycles. The maximum absolute atomic E-state index is 13.1. The van der Waals surface area contributed by atoms with Crippen molar-refractivity contribution in [1.29, 1.82) is 0 Å². The lowest BCUT2D eigenvalue weighted by Gasteiger charge is -2.71. The Morgan fingerprint density at radius 2 is 1.36 bits per heavy atom. The maximum atomic E-state index is 13.1. The number of fused-ring (bicyclic) bond motifs is 7. The van der Waals surface area contributed by atoms with Crippen molar-refractivity contribution in [3.05, 3.63) is 11.6 Å². The quantitative estimate of drug-likeness (QED) is 0.126. The van der Waals surface area contributed by atoms with E-state index in [9.17, 15) is 50.8 Å². The molecule has 56 heavy (non-hydrogen) atoms. The van der Waals surface area contributed by atoms with Crippen molar-refractivity contribution in [2.45, 2.75) is 173 Å². The molecule has 0 unspecified atom stereocenters. The van der Waals surface area contributed by atoms with Crippen LogP contribution in [0, 0.1) is 50.2 Å². The third-order valence-corrected chi connectivity index (χ3v) is 17.4. The second-order valence-corrected chi connectivity index (χ2v) is 20.5. The van der Waals surface area contributed by atoms with Crippen molar-refractivity contribution in [1.82, 2.24) is 0 Å². The molecule has 7 aliphatic rings. The van der Waals surface area contributed by atoms with Gasteiger partial charge < -0.3 is 64.9 Å². The van der Waals surface area contributed by atoms with Gasteiger partial charge >= 0.3 is 5.97 Å². The fraction of sp³-hybridized carbons (Fsp3) is 0.929. The summed E-state index contributed by atoms with van der Waals surface area (Å²) >= 11 is 0. The molecule has 0 aromatic carbocycles. The highest BCUT2D eigenvalue weighted by molar-refractivity contribution is 5.76. The van der Waals surface area contributed by atoms with Crippen LogP contribution < -0.4 is 0 Å². The predicted octanol–water partition coefficient (Wildman–Crippen LogP) is 1.85. The van der Waals surface area contributed by atoms with Gasteiger partial charge in [-0.2, -0.15) is 0 Å². The van der Waals surface area contributed by atoms with Crippen LogP contribution in [0.15, 0.2) is 11.6 Å². The topological polar surface area (TPSA) is 236 Å². The van der Waals surface area contributed by atoms with Gasteiger partial charge in [-0.05, 0) is 104 Å². The SMILES string of the molecule is CC1(C)CC[C@]2(C(=O)O)CC[C@]3(C)C(=CC[C@@H]4[C@@]5(C)CC[C@H](O[C@@H]6O[C@H](CO)[C@H](O)[C@H](O[C@@H]7O[C@H](CO)[C@@H](O)[C@H](O)[C@H]7O)[C@H]6O)[C@@](C)(CO)[C@@H]5CC[C@]43C)[C@@H]2C1.